The molecule has 138 valence electrons. The van der Waals surface area contributed by atoms with Crippen LogP contribution in [0.25, 0.3) is 0 Å². The van der Waals surface area contributed by atoms with Crippen LogP contribution in [0.2, 0.25) is 0 Å². The zero-order valence-electron chi connectivity index (χ0n) is 15.4. The molecule has 0 spiro atoms. The van der Waals surface area contributed by atoms with Gasteiger partial charge < -0.3 is 15.8 Å². The lowest BCUT2D eigenvalue weighted by Crippen LogP contribution is -2.44. The molecule has 2 saturated heterocycles. The molecule has 2 aliphatic rings. The summed E-state index contributed by atoms with van der Waals surface area (Å²) in [4.78, 5) is 7.24. The van der Waals surface area contributed by atoms with Crippen molar-refractivity contribution in [2.75, 3.05) is 39.4 Å². The monoisotopic (exact) mass is 344 g/mol. The minimum Gasteiger partial charge on any atom is -0.381 e. The van der Waals surface area contributed by atoms with Crippen LogP contribution < -0.4 is 11.1 Å². The summed E-state index contributed by atoms with van der Waals surface area (Å²) in [6.07, 6.45) is 4.54. The lowest BCUT2D eigenvalue weighted by molar-refractivity contribution is 0.0531. The van der Waals surface area contributed by atoms with Crippen molar-refractivity contribution in [3.8, 4) is 0 Å². The summed E-state index contributed by atoms with van der Waals surface area (Å²) in [5.41, 5.74) is 7.58. The Morgan fingerprint density at radius 3 is 2.80 bits per heavy atom. The molecule has 1 unspecified atom stereocenters. The molecule has 5 heteroatoms. The Morgan fingerprint density at radius 2 is 2.08 bits per heavy atom. The van der Waals surface area contributed by atoms with E-state index in [1.165, 1.54) is 24.9 Å². The molecule has 2 fully saturated rings. The van der Waals surface area contributed by atoms with Crippen LogP contribution in [0, 0.1) is 0 Å². The molecule has 0 radical (unpaired) electrons. The largest absolute Gasteiger partial charge is 0.381 e. The fourth-order valence-corrected chi connectivity index (χ4v) is 4.15. The number of nitrogens with zero attached hydrogens (tertiary/aromatic N) is 2. The van der Waals surface area contributed by atoms with Gasteiger partial charge in [-0.3, -0.25) is 9.89 Å². The molecule has 0 saturated carbocycles. The van der Waals surface area contributed by atoms with Crippen LogP contribution in [-0.2, 0) is 10.2 Å². The third-order valence-corrected chi connectivity index (χ3v) is 5.81. The maximum Gasteiger partial charge on any atom is 0.188 e. The Bertz CT molecular complexity index is 554. The molecule has 2 heterocycles. The number of likely N-dealkylation sites (tertiary alicyclic amines) is 1. The fourth-order valence-electron chi connectivity index (χ4n) is 4.15. The van der Waals surface area contributed by atoms with Crippen LogP contribution in [0.1, 0.15) is 38.2 Å². The van der Waals surface area contributed by atoms with Gasteiger partial charge in [0.25, 0.3) is 0 Å². The van der Waals surface area contributed by atoms with Gasteiger partial charge in [0.2, 0.25) is 0 Å². The fraction of sp³-hybridized carbons (Fsp3) is 0.650. The number of hydrogen-bond donors (Lipinski definition) is 2. The highest BCUT2D eigenvalue weighted by Gasteiger charge is 2.34. The van der Waals surface area contributed by atoms with Crippen molar-refractivity contribution in [1.82, 2.24) is 10.2 Å². The summed E-state index contributed by atoms with van der Waals surface area (Å²) in [6, 6.07) is 11.3. The molecular formula is C20H32N4O. The van der Waals surface area contributed by atoms with E-state index in [4.69, 9.17) is 15.5 Å². The predicted molar refractivity (Wildman–Crippen MR) is 103 cm³/mol. The quantitative estimate of drug-likeness (QED) is 0.613. The Hall–Kier alpha value is -1.59. The second-order valence-electron chi connectivity index (χ2n) is 7.27. The van der Waals surface area contributed by atoms with Crippen LogP contribution in [0.5, 0.6) is 0 Å². The molecule has 2 aliphatic heterocycles. The highest BCUT2D eigenvalue weighted by atomic mass is 16.5. The van der Waals surface area contributed by atoms with Gasteiger partial charge in [-0.2, -0.15) is 0 Å². The van der Waals surface area contributed by atoms with E-state index in [2.05, 4.69) is 47.5 Å². The average molecular weight is 345 g/mol. The summed E-state index contributed by atoms with van der Waals surface area (Å²) < 4.78 is 5.59. The van der Waals surface area contributed by atoms with Crippen LogP contribution in [0.4, 0.5) is 0 Å². The molecule has 25 heavy (non-hydrogen) atoms. The Kier molecular flexibility index (Phi) is 6.32. The minimum atomic E-state index is 0.0502. The number of hydrogen-bond acceptors (Lipinski definition) is 3. The van der Waals surface area contributed by atoms with Crippen molar-refractivity contribution in [3.05, 3.63) is 35.9 Å². The van der Waals surface area contributed by atoms with Crippen molar-refractivity contribution in [2.24, 2.45) is 10.7 Å². The highest BCUT2D eigenvalue weighted by molar-refractivity contribution is 5.77. The molecule has 1 aromatic carbocycles. The lowest BCUT2D eigenvalue weighted by atomic mass is 9.74. The predicted octanol–water partition coefficient (Wildman–Crippen LogP) is 2.12. The lowest BCUT2D eigenvalue weighted by Gasteiger charge is -2.36. The van der Waals surface area contributed by atoms with Gasteiger partial charge in [-0.25, -0.2) is 0 Å². The SMILES string of the molecule is CCN1CCCC1CNC(N)=NCC1(c2ccccc2)CCOCC1. The smallest absolute Gasteiger partial charge is 0.188 e. The van der Waals surface area contributed by atoms with Crippen LogP contribution >= 0.6 is 0 Å². The number of rotatable bonds is 6. The number of ether oxygens (including phenoxy) is 1. The topological polar surface area (TPSA) is 62.9 Å². The zero-order valence-corrected chi connectivity index (χ0v) is 15.4. The maximum atomic E-state index is 6.18. The van der Waals surface area contributed by atoms with Crippen molar-refractivity contribution in [3.63, 3.8) is 0 Å². The van der Waals surface area contributed by atoms with Crippen molar-refractivity contribution >= 4 is 5.96 Å². The van der Waals surface area contributed by atoms with Gasteiger partial charge in [0.1, 0.15) is 0 Å². The van der Waals surface area contributed by atoms with Crippen molar-refractivity contribution in [1.29, 1.82) is 0 Å². The molecule has 0 bridgehead atoms. The first-order valence-electron chi connectivity index (χ1n) is 9.65. The van der Waals surface area contributed by atoms with E-state index in [0.29, 0.717) is 12.0 Å². The number of likely N-dealkylation sites (N-methyl/N-ethyl adjacent to an activating group) is 1. The van der Waals surface area contributed by atoms with Gasteiger partial charge in [-0.15, -0.1) is 0 Å². The molecule has 5 nitrogen and oxygen atoms in total. The second-order valence-corrected chi connectivity index (χ2v) is 7.27. The Labute approximate surface area is 151 Å². The maximum absolute atomic E-state index is 6.18. The van der Waals surface area contributed by atoms with Gasteiger partial charge in [0, 0.05) is 31.2 Å². The number of guanidine groups is 1. The summed E-state index contributed by atoms with van der Waals surface area (Å²) >= 11 is 0. The number of nitrogens with two attached hydrogens (primary N) is 1. The Balaban J connectivity index is 1.61. The normalized spacial score (nSPS) is 24.4. The third kappa shape index (κ3) is 4.53. The first kappa shape index (κ1) is 18.2. The summed E-state index contributed by atoms with van der Waals surface area (Å²) in [7, 11) is 0. The highest BCUT2D eigenvalue weighted by Crippen LogP contribution is 2.35. The second kappa shape index (κ2) is 8.68. The van der Waals surface area contributed by atoms with E-state index >= 15 is 0 Å². The number of nitrogens with one attached hydrogen (secondary N) is 1. The van der Waals surface area contributed by atoms with Gasteiger partial charge in [-0.05, 0) is 44.3 Å². The average Bonchev–Trinajstić information content (AvgIpc) is 3.14. The van der Waals surface area contributed by atoms with E-state index in [1.807, 2.05) is 0 Å². The van der Waals surface area contributed by atoms with Crippen LogP contribution in [0.15, 0.2) is 35.3 Å². The summed E-state index contributed by atoms with van der Waals surface area (Å²) in [5.74, 6) is 0.574. The number of aliphatic imine (C=N–C) groups is 1. The molecule has 0 amide bonds. The van der Waals surface area contributed by atoms with Gasteiger partial charge in [-0.1, -0.05) is 37.3 Å². The van der Waals surface area contributed by atoms with E-state index in [1.54, 1.807) is 0 Å². The molecule has 0 aromatic heterocycles. The van der Waals surface area contributed by atoms with Crippen LogP contribution in [-0.4, -0.2) is 56.3 Å². The van der Waals surface area contributed by atoms with Gasteiger partial charge >= 0.3 is 0 Å². The molecule has 3 rings (SSSR count). The molecule has 3 N–H and O–H groups in total. The number of benzene rings is 1. The van der Waals surface area contributed by atoms with Crippen LogP contribution in [0.3, 0.4) is 0 Å². The van der Waals surface area contributed by atoms with E-state index in [-0.39, 0.29) is 5.41 Å². The van der Waals surface area contributed by atoms with E-state index in [0.717, 1.165) is 45.7 Å². The first-order chi connectivity index (χ1) is 12.2. The van der Waals surface area contributed by atoms with Crippen molar-refractivity contribution < 1.29 is 4.74 Å². The van der Waals surface area contributed by atoms with E-state index in [9.17, 15) is 0 Å². The third-order valence-electron chi connectivity index (χ3n) is 5.81. The van der Waals surface area contributed by atoms with Crippen molar-refractivity contribution in [2.45, 2.75) is 44.1 Å². The zero-order chi connectivity index (χ0) is 17.5. The van der Waals surface area contributed by atoms with E-state index < -0.39 is 0 Å². The standard InChI is InChI=1S/C20H32N4O/c1-2-24-12-6-9-18(24)15-22-19(21)23-16-20(10-13-25-14-11-20)17-7-4-3-5-8-17/h3-5,7-8,18H,2,6,9-16H2,1H3,(H3,21,22,23). The molecule has 1 aromatic rings. The molecule has 1 atom stereocenters. The van der Waals surface area contributed by atoms with Gasteiger partial charge in [0.05, 0.1) is 6.54 Å². The first-order valence-corrected chi connectivity index (χ1v) is 9.65. The van der Waals surface area contributed by atoms with Gasteiger partial charge in [0.15, 0.2) is 5.96 Å². The summed E-state index contributed by atoms with van der Waals surface area (Å²) in [5, 5.41) is 3.35. The summed E-state index contributed by atoms with van der Waals surface area (Å²) in [6.45, 7) is 7.75. The Morgan fingerprint density at radius 1 is 1.32 bits per heavy atom. The molecule has 0 aliphatic carbocycles. The minimum absolute atomic E-state index is 0.0502. The molecular weight excluding hydrogens is 312 g/mol.